The van der Waals surface area contributed by atoms with E-state index in [1.165, 1.54) is 18.1 Å². The quantitative estimate of drug-likeness (QED) is 0.459. The van der Waals surface area contributed by atoms with Crippen LogP contribution in [0.25, 0.3) is 11.4 Å². The number of thioether (sulfide) groups is 1. The molecule has 0 saturated heterocycles. The van der Waals surface area contributed by atoms with Gasteiger partial charge in [0.15, 0.2) is 5.16 Å². The van der Waals surface area contributed by atoms with Crippen LogP contribution in [0.4, 0.5) is 5.69 Å². The van der Waals surface area contributed by atoms with Crippen molar-refractivity contribution in [2.45, 2.75) is 19.0 Å². The lowest BCUT2D eigenvalue weighted by Gasteiger charge is -2.12. The van der Waals surface area contributed by atoms with E-state index in [2.05, 4.69) is 25.6 Å². The Bertz CT molecular complexity index is 1190. The van der Waals surface area contributed by atoms with Gasteiger partial charge in [-0.15, -0.1) is 10.2 Å². The van der Waals surface area contributed by atoms with E-state index < -0.39 is 0 Å². The Labute approximate surface area is 182 Å². The van der Waals surface area contributed by atoms with Crippen molar-refractivity contribution in [2.75, 3.05) is 11.1 Å². The van der Waals surface area contributed by atoms with Crippen molar-refractivity contribution in [3.05, 3.63) is 71.5 Å². The molecular formula is C20H18ClN7OS. The van der Waals surface area contributed by atoms with Gasteiger partial charge in [0, 0.05) is 5.02 Å². The van der Waals surface area contributed by atoms with Crippen LogP contribution in [-0.4, -0.2) is 41.2 Å². The number of amides is 1. The number of rotatable bonds is 6. The zero-order valence-corrected chi connectivity index (χ0v) is 17.9. The highest BCUT2D eigenvalue weighted by Crippen LogP contribution is 2.26. The van der Waals surface area contributed by atoms with Gasteiger partial charge in [-0.3, -0.25) is 9.36 Å². The number of hydrogen-bond acceptors (Lipinski definition) is 6. The second-order valence-electron chi connectivity index (χ2n) is 6.49. The molecule has 0 saturated carbocycles. The van der Waals surface area contributed by atoms with Crippen molar-refractivity contribution in [2.24, 2.45) is 0 Å². The molecule has 10 heteroatoms. The molecule has 0 radical (unpaired) electrons. The molecule has 0 aliphatic rings. The number of aromatic nitrogens is 6. The van der Waals surface area contributed by atoms with Crippen LogP contribution >= 0.6 is 23.4 Å². The lowest BCUT2D eigenvalue weighted by molar-refractivity contribution is -0.113. The second kappa shape index (κ2) is 8.68. The van der Waals surface area contributed by atoms with Gasteiger partial charge in [-0.25, -0.2) is 9.67 Å². The number of carbonyl (C=O) groups is 1. The van der Waals surface area contributed by atoms with Crippen LogP contribution in [0.15, 0.2) is 60.3 Å². The molecule has 4 aromatic rings. The van der Waals surface area contributed by atoms with Gasteiger partial charge in [-0.05, 0) is 43.7 Å². The smallest absolute Gasteiger partial charge is 0.234 e. The first-order valence-electron chi connectivity index (χ1n) is 9.08. The first-order chi connectivity index (χ1) is 14.5. The minimum Gasteiger partial charge on any atom is -0.323 e. The fraction of sp³-hybridized carbons (Fsp3) is 0.150. The summed E-state index contributed by atoms with van der Waals surface area (Å²) in [7, 11) is 0. The number of nitrogens with one attached hydrogen (secondary N) is 1. The predicted molar refractivity (Wildman–Crippen MR) is 117 cm³/mol. The van der Waals surface area contributed by atoms with Crippen molar-refractivity contribution < 1.29 is 4.79 Å². The number of carbonyl (C=O) groups excluding carboxylic acids is 1. The summed E-state index contributed by atoms with van der Waals surface area (Å²) >= 11 is 7.43. The monoisotopic (exact) mass is 439 g/mol. The molecule has 0 bridgehead atoms. The number of benzene rings is 2. The van der Waals surface area contributed by atoms with Crippen molar-refractivity contribution in [3.63, 3.8) is 0 Å². The molecular weight excluding hydrogens is 422 g/mol. The van der Waals surface area contributed by atoms with Crippen molar-refractivity contribution in [3.8, 4) is 11.4 Å². The maximum Gasteiger partial charge on any atom is 0.234 e. The van der Waals surface area contributed by atoms with E-state index in [0.717, 1.165) is 17.1 Å². The zero-order valence-electron chi connectivity index (χ0n) is 16.3. The van der Waals surface area contributed by atoms with E-state index in [1.54, 1.807) is 29.2 Å². The topological polar surface area (TPSA) is 90.5 Å². The zero-order chi connectivity index (χ0) is 21.1. The molecule has 2 aromatic carbocycles. The summed E-state index contributed by atoms with van der Waals surface area (Å²) in [5, 5.41) is 16.6. The highest BCUT2D eigenvalue weighted by atomic mass is 35.5. The van der Waals surface area contributed by atoms with Gasteiger partial charge in [0.2, 0.25) is 5.91 Å². The van der Waals surface area contributed by atoms with Crippen molar-refractivity contribution in [1.82, 2.24) is 29.5 Å². The number of hydrogen-bond donors (Lipinski definition) is 1. The largest absolute Gasteiger partial charge is 0.323 e. The predicted octanol–water partition coefficient (Wildman–Crippen LogP) is 3.85. The third kappa shape index (κ3) is 4.22. The Balaban J connectivity index is 1.51. The van der Waals surface area contributed by atoms with E-state index in [1.807, 2.05) is 42.7 Å². The fourth-order valence-corrected chi connectivity index (χ4v) is 3.95. The SMILES string of the molecule is Cc1ccccc1-n1c(C)nnc1SCC(=O)Nc1cc(Cl)ccc1-n1cncn1. The summed E-state index contributed by atoms with van der Waals surface area (Å²) in [5.74, 6) is 0.726. The Morgan fingerprint density at radius 1 is 1.13 bits per heavy atom. The van der Waals surface area contributed by atoms with Gasteiger partial charge in [0.25, 0.3) is 0 Å². The first-order valence-corrected chi connectivity index (χ1v) is 10.4. The Hall–Kier alpha value is -3.17. The van der Waals surface area contributed by atoms with Crippen LogP contribution in [-0.2, 0) is 4.79 Å². The van der Waals surface area contributed by atoms with Crippen LogP contribution in [0.1, 0.15) is 11.4 Å². The van der Waals surface area contributed by atoms with Gasteiger partial charge >= 0.3 is 0 Å². The van der Waals surface area contributed by atoms with Crippen LogP contribution < -0.4 is 5.32 Å². The summed E-state index contributed by atoms with van der Waals surface area (Å²) in [6, 6.07) is 13.2. The molecule has 1 N–H and O–H groups in total. The maximum absolute atomic E-state index is 12.7. The fourth-order valence-electron chi connectivity index (χ4n) is 2.99. The van der Waals surface area contributed by atoms with Gasteiger partial charge in [0.1, 0.15) is 18.5 Å². The Kier molecular flexibility index (Phi) is 5.82. The maximum atomic E-state index is 12.7. The molecule has 2 aromatic heterocycles. The molecule has 0 aliphatic heterocycles. The molecule has 8 nitrogen and oxygen atoms in total. The molecule has 0 fully saturated rings. The lowest BCUT2D eigenvalue weighted by Crippen LogP contribution is -2.16. The average Bonchev–Trinajstić information content (AvgIpc) is 3.37. The summed E-state index contributed by atoms with van der Waals surface area (Å²) < 4.78 is 3.52. The third-order valence-electron chi connectivity index (χ3n) is 4.38. The summed E-state index contributed by atoms with van der Waals surface area (Å²) in [6.07, 6.45) is 2.98. The number of para-hydroxylation sites is 1. The minimum atomic E-state index is -0.194. The minimum absolute atomic E-state index is 0.160. The number of anilines is 1. The highest BCUT2D eigenvalue weighted by molar-refractivity contribution is 7.99. The normalized spacial score (nSPS) is 10.9. The van der Waals surface area contributed by atoms with E-state index >= 15 is 0 Å². The summed E-state index contributed by atoms with van der Waals surface area (Å²) in [6.45, 7) is 3.92. The van der Waals surface area contributed by atoms with E-state index in [9.17, 15) is 4.79 Å². The van der Waals surface area contributed by atoms with Crippen LogP contribution in [0.3, 0.4) is 0 Å². The van der Waals surface area contributed by atoms with Crippen LogP contribution in [0.2, 0.25) is 5.02 Å². The van der Waals surface area contributed by atoms with Gasteiger partial charge in [0.05, 0.1) is 22.8 Å². The highest BCUT2D eigenvalue weighted by Gasteiger charge is 2.16. The van der Waals surface area contributed by atoms with Crippen molar-refractivity contribution in [1.29, 1.82) is 0 Å². The molecule has 152 valence electrons. The standard InChI is InChI=1S/C20H18ClN7OS/c1-13-5-3-4-6-17(13)28-14(2)25-26-20(28)30-10-19(29)24-16-9-15(21)7-8-18(16)27-12-22-11-23-27/h3-9,11-12H,10H2,1-2H3,(H,24,29). The Morgan fingerprint density at radius 2 is 1.97 bits per heavy atom. The van der Waals surface area contributed by atoms with Crippen molar-refractivity contribution >= 4 is 35.0 Å². The summed E-state index contributed by atoms with van der Waals surface area (Å²) in [4.78, 5) is 16.6. The van der Waals surface area contributed by atoms with Gasteiger partial charge < -0.3 is 5.32 Å². The lowest BCUT2D eigenvalue weighted by atomic mass is 10.2. The number of halogens is 1. The molecule has 4 rings (SSSR count). The average molecular weight is 440 g/mol. The second-order valence-corrected chi connectivity index (χ2v) is 7.87. The number of aryl methyl sites for hydroxylation is 2. The molecule has 0 atom stereocenters. The Morgan fingerprint density at radius 3 is 2.73 bits per heavy atom. The molecule has 0 spiro atoms. The van der Waals surface area contributed by atoms with Gasteiger partial charge in [-0.1, -0.05) is 41.6 Å². The molecule has 0 unspecified atom stereocenters. The first kappa shape index (κ1) is 20.1. The molecule has 1 amide bonds. The van der Waals surface area contributed by atoms with Gasteiger partial charge in [-0.2, -0.15) is 5.10 Å². The third-order valence-corrected chi connectivity index (χ3v) is 5.55. The van der Waals surface area contributed by atoms with Crippen LogP contribution in [0.5, 0.6) is 0 Å². The van der Waals surface area contributed by atoms with E-state index in [4.69, 9.17) is 11.6 Å². The van der Waals surface area contributed by atoms with Crippen LogP contribution in [0, 0.1) is 13.8 Å². The summed E-state index contributed by atoms with van der Waals surface area (Å²) in [5.41, 5.74) is 3.32. The molecule has 30 heavy (non-hydrogen) atoms. The molecule has 0 aliphatic carbocycles. The number of nitrogens with zero attached hydrogens (tertiary/aromatic N) is 6. The van der Waals surface area contributed by atoms with E-state index in [0.29, 0.717) is 21.6 Å². The molecule has 2 heterocycles. The van der Waals surface area contributed by atoms with E-state index in [-0.39, 0.29) is 11.7 Å².